The van der Waals surface area contributed by atoms with Gasteiger partial charge in [0.25, 0.3) is 0 Å². The van der Waals surface area contributed by atoms with E-state index in [-0.39, 0.29) is 36.2 Å². The van der Waals surface area contributed by atoms with Gasteiger partial charge in [-0.2, -0.15) is 4.31 Å². The minimum absolute atomic E-state index is 0.0263. The van der Waals surface area contributed by atoms with Crippen LogP contribution in [-0.4, -0.2) is 59.5 Å². The first-order valence-electron chi connectivity index (χ1n) is 9.23. The second-order valence-electron chi connectivity index (χ2n) is 6.54. The van der Waals surface area contributed by atoms with Crippen LogP contribution in [0.5, 0.6) is 11.5 Å². The molecule has 0 bridgehead atoms. The molecule has 0 aliphatic heterocycles. The van der Waals surface area contributed by atoms with Crippen LogP contribution in [0.25, 0.3) is 0 Å². The highest BCUT2D eigenvalue weighted by Gasteiger charge is 2.20. The van der Waals surface area contributed by atoms with Gasteiger partial charge in [-0.1, -0.05) is 24.6 Å². The summed E-state index contributed by atoms with van der Waals surface area (Å²) in [4.78, 5) is 0.129. The van der Waals surface area contributed by atoms with E-state index in [4.69, 9.17) is 9.47 Å². The zero-order valence-corrected chi connectivity index (χ0v) is 18.5. The number of rotatable bonds is 11. The van der Waals surface area contributed by atoms with Crippen LogP contribution in [0.1, 0.15) is 12.5 Å². The summed E-state index contributed by atoms with van der Waals surface area (Å²) >= 11 is 0. The highest BCUT2D eigenvalue weighted by atomic mass is 32.2. The first-order chi connectivity index (χ1) is 13.6. The lowest BCUT2D eigenvalue weighted by Gasteiger charge is -2.18. The first kappa shape index (κ1) is 23.2. The molecule has 0 saturated heterocycles. The molecule has 0 aromatic heterocycles. The van der Waals surface area contributed by atoms with Crippen LogP contribution in [0.4, 0.5) is 0 Å². The summed E-state index contributed by atoms with van der Waals surface area (Å²) < 4.78 is 60.5. The second kappa shape index (κ2) is 10.1. The minimum Gasteiger partial charge on any atom is -0.493 e. The summed E-state index contributed by atoms with van der Waals surface area (Å²) in [6.07, 6.45) is 0. The molecule has 2 rings (SSSR count). The van der Waals surface area contributed by atoms with Crippen molar-refractivity contribution < 1.29 is 26.3 Å². The number of hydrogen-bond donors (Lipinski definition) is 0. The van der Waals surface area contributed by atoms with Gasteiger partial charge in [-0.3, -0.25) is 0 Å². The molecule has 2 aromatic rings. The number of sulfone groups is 1. The highest BCUT2D eigenvalue weighted by Crippen LogP contribution is 2.19. The Kier molecular flexibility index (Phi) is 8.06. The van der Waals surface area contributed by atoms with Gasteiger partial charge in [0.15, 0.2) is 9.84 Å². The molecule has 0 aliphatic carbocycles. The van der Waals surface area contributed by atoms with Crippen molar-refractivity contribution in [3.63, 3.8) is 0 Å². The van der Waals surface area contributed by atoms with Crippen molar-refractivity contribution in [1.82, 2.24) is 4.31 Å². The largest absolute Gasteiger partial charge is 0.493 e. The quantitative estimate of drug-likeness (QED) is 0.532. The molecule has 0 unspecified atom stereocenters. The average molecular weight is 442 g/mol. The predicted octanol–water partition coefficient (Wildman–Crippen LogP) is 2.51. The highest BCUT2D eigenvalue weighted by molar-refractivity contribution is 7.91. The Morgan fingerprint density at radius 1 is 0.828 bits per heavy atom. The summed E-state index contributed by atoms with van der Waals surface area (Å²) in [6, 6.07) is 13.5. The van der Waals surface area contributed by atoms with E-state index in [1.807, 2.05) is 31.2 Å². The molecule has 0 fully saturated rings. The van der Waals surface area contributed by atoms with Crippen LogP contribution in [-0.2, 0) is 19.9 Å². The van der Waals surface area contributed by atoms with Gasteiger partial charge in [0.05, 0.1) is 10.6 Å². The molecule has 0 radical (unpaired) electrons. The van der Waals surface area contributed by atoms with Crippen LogP contribution in [0.3, 0.4) is 0 Å². The first-order valence-corrected chi connectivity index (χ1v) is 12.5. The Morgan fingerprint density at radius 2 is 1.34 bits per heavy atom. The molecular formula is C20H27NO6S2. The number of hydrogen-bond acceptors (Lipinski definition) is 6. The number of aryl methyl sites for hydroxylation is 1. The molecule has 0 N–H and O–H groups in total. The van der Waals surface area contributed by atoms with Gasteiger partial charge in [-0.05, 0) is 43.3 Å². The van der Waals surface area contributed by atoms with Crippen molar-refractivity contribution in [2.75, 3.05) is 38.3 Å². The van der Waals surface area contributed by atoms with E-state index in [0.717, 1.165) is 5.56 Å². The third-order valence-corrected chi connectivity index (χ3v) is 7.87. The molecule has 0 saturated carbocycles. The number of benzene rings is 2. The Balaban J connectivity index is 1.89. The van der Waals surface area contributed by atoms with Gasteiger partial charge in [-0.15, -0.1) is 0 Å². The van der Waals surface area contributed by atoms with Crippen molar-refractivity contribution in [2.24, 2.45) is 0 Å². The van der Waals surface area contributed by atoms with E-state index in [1.165, 1.54) is 35.6 Å². The fourth-order valence-electron chi connectivity index (χ4n) is 2.37. The van der Waals surface area contributed by atoms with Crippen molar-refractivity contribution in [2.45, 2.75) is 18.7 Å². The maximum atomic E-state index is 12.7. The molecule has 160 valence electrons. The summed E-state index contributed by atoms with van der Waals surface area (Å²) in [5.74, 6) is 1.09. The summed E-state index contributed by atoms with van der Waals surface area (Å²) in [7, 11) is -5.27. The van der Waals surface area contributed by atoms with Crippen LogP contribution >= 0.6 is 0 Å². The van der Waals surface area contributed by atoms with Crippen molar-refractivity contribution in [1.29, 1.82) is 0 Å². The Hall–Kier alpha value is -2.10. The molecule has 29 heavy (non-hydrogen) atoms. The zero-order chi connectivity index (χ0) is 21.5. The van der Waals surface area contributed by atoms with Crippen molar-refractivity contribution in [3.05, 3.63) is 54.1 Å². The van der Waals surface area contributed by atoms with Crippen LogP contribution < -0.4 is 9.47 Å². The van der Waals surface area contributed by atoms with E-state index in [9.17, 15) is 16.8 Å². The fraction of sp³-hybridized carbons (Fsp3) is 0.400. The lowest BCUT2D eigenvalue weighted by atomic mass is 10.2. The minimum atomic E-state index is -3.66. The third kappa shape index (κ3) is 7.02. The van der Waals surface area contributed by atoms with Crippen LogP contribution in [0, 0.1) is 6.92 Å². The van der Waals surface area contributed by atoms with Gasteiger partial charge in [-0.25, -0.2) is 16.8 Å². The molecule has 7 nitrogen and oxygen atoms in total. The maximum Gasteiger partial charge on any atom is 0.242 e. The van der Waals surface area contributed by atoms with E-state index in [0.29, 0.717) is 11.5 Å². The number of ether oxygens (including phenoxy) is 2. The molecule has 0 amide bonds. The average Bonchev–Trinajstić information content (AvgIpc) is 2.69. The zero-order valence-electron chi connectivity index (χ0n) is 16.9. The molecular weight excluding hydrogens is 414 g/mol. The monoisotopic (exact) mass is 441 g/mol. The van der Waals surface area contributed by atoms with Gasteiger partial charge in [0.1, 0.15) is 24.7 Å². The third-order valence-electron chi connectivity index (χ3n) is 4.33. The van der Waals surface area contributed by atoms with E-state index in [1.54, 1.807) is 6.92 Å². The molecule has 0 aliphatic rings. The molecule has 0 heterocycles. The normalized spacial score (nSPS) is 12.1. The summed E-state index contributed by atoms with van der Waals surface area (Å²) in [5.41, 5.74) is 1.12. The standard InChI is InChI=1S/C20H27NO6S2/c1-4-28(22,23)16-15-27-19-9-11-20(12-10-19)29(24,25)21(3)13-14-26-18-7-5-17(2)6-8-18/h5-12H,4,13-16H2,1-3H3. The second-order valence-corrected chi connectivity index (χ2v) is 11.1. The Labute approximate surface area is 173 Å². The SMILES string of the molecule is CCS(=O)(=O)CCOc1ccc(S(=O)(=O)N(C)CCOc2ccc(C)cc2)cc1. The fourth-order valence-corrected chi connectivity index (χ4v) is 4.15. The molecule has 0 spiro atoms. The number of sulfonamides is 1. The van der Waals surface area contributed by atoms with Crippen molar-refractivity contribution >= 4 is 19.9 Å². The van der Waals surface area contributed by atoms with Crippen LogP contribution in [0.15, 0.2) is 53.4 Å². The van der Waals surface area contributed by atoms with Crippen LogP contribution in [0.2, 0.25) is 0 Å². The van der Waals surface area contributed by atoms with Crippen molar-refractivity contribution in [3.8, 4) is 11.5 Å². The molecule has 9 heteroatoms. The number of likely N-dealkylation sites (N-methyl/N-ethyl adjacent to an activating group) is 1. The smallest absolute Gasteiger partial charge is 0.242 e. The maximum absolute atomic E-state index is 12.7. The van der Waals surface area contributed by atoms with E-state index < -0.39 is 19.9 Å². The topological polar surface area (TPSA) is 90.0 Å². The molecule has 0 atom stereocenters. The van der Waals surface area contributed by atoms with Gasteiger partial charge < -0.3 is 9.47 Å². The lowest BCUT2D eigenvalue weighted by molar-refractivity contribution is 0.287. The van der Waals surface area contributed by atoms with E-state index in [2.05, 4.69) is 0 Å². The van der Waals surface area contributed by atoms with E-state index >= 15 is 0 Å². The molecule has 2 aromatic carbocycles. The number of nitrogens with zero attached hydrogens (tertiary/aromatic N) is 1. The van der Waals surface area contributed by atoms with Gasteiger partial charge >= 0.3 is 0 Å². The lowest BCUT2D eigenvalue weighted by Crippen LogP contribution is -2.31. The summed E-state index contributed by atoms with van der Waals surface area (Å²) in [6.45, 7) is 4.01. The van der Waals surface area contributed by atoms with Gasteiger partial charge in [0.2, 0.25) is 10.0 Å². The van der Waals surface area contributed by atoms with Gasteiger partial charge in [0, 0.05) is 19.3 Å². The Morgan fingerprint density at radius 3 is 1.90 bits per heavy atom. The Bertz CT molecular complexity index is 984. The predicted molar refractivity (Wildman–Crippen MR) is 113 cm³/mol. The summed E-state index contributed by atoms with van der Waals surface area (Å²) in [5, 5.41) is 0.